The quantitative estimate of drug-likeness (QED) is 0.506. The molecule has 1 rings (SSSR count). The van der Waals surface area contributed by atoms with Gasteiger partial charge in [-0.1, -0.05) is 31.4 Å². The number of nitrogens with zero attached hydrogens (tertiary/aromatic N) is 1. The maximum absolute atomic E-state index is 6.02. The summed E-state index contributed by atoms with van der Waals surface area (Å²) in [5.74, 6) is 3.69. The van der Waals surface area contributed by atoms with Crippen molar-refractivity contribution in [1.82, 2.24) is 0 Å². The summed E-state index contributed by atoms with van der Waals surface area (Å²) >= 11 is 6.02. The molecule has 0 bridgehead atoms. The highest BCUT2D eigenvalue weighted by atomic mass is 35.5. The van der Waals surface area contributed by atoms with Gasteiger partial charge in [-0.25, -0.2) is 4.99 Å². The maximum atomic E-state index is 6.02. The number of halogens is 1. The van der Waals surface area contributed by atoms with Gasteiger partial charge in [-0.05, 0) is 24.1 Å². The van der Waals surface area contributed by atoms with Gasteiger partial charge in [0.1, 0.15) is 11.8 Å². The van der Waals surface area contributed by atoms with E-state index in [-0.39, 0.29) is 17.9 Å². The van der Waals surface area contributed by atoms with E-state index in [0.29, 0.717) is 10.8 Å². The van der Waals surface area contributed by atoms with Crippen LogP contribution < -0.4 is 15.8 Å². The molecule has 19 heavy (non-hydrogen) atoms. The Hall–Kier alpha value is -1.86. The molecule has 0 heterocycles. The number of aliphatic imine (C=N–C) groups is 1. The van der Waals surface area contributed by atoms with E-state index in [4.69, 9.17) is 28.5 Å². The predicted molar refractivity (Wildman–Crippen MR) is 80.7 cm³/mol. The lowest BCUT2D eigenvalue weighted by atomic mass is 10.1. The van der Waals surface area contributed by atoms with E-state index in [2.05, 4.69) is 16.2 Å². The molecule has 102 valence electrons. The zero-order chi connectivity index (χ0) is 14.4. The van der Waals surface area contributed by atoms with Crippen molar-refractivity contribution in [2.75, 3.05) is 12.4 Å². The molecule has 0 amide bonds. The fraction of sp³-hybridized carbons (Fsp3) is 0.357. The second-order valence-electron chi connectivity index (χ2n) is 4.34. The number of nitrogens with two attached hydrogens (primary N) is 1. The largest absolute Gasteiger partial charge is 0.495 e. The first-order valence-corrected chi connectivity index (χ1v) is 6.25. The van der Waals surface area contributed by atoms with Crippen LogP contribution in [0.3, 0.4) is 0 Å². The van der Waals surface area contributed by atoms with E-state index in [1.54, 1.807) is 25.3 Å². The highest BCUT2D eigenvalue weighted by Gasteiger charge is 2.09. The van der Waals surface area contributed by atoms with Crippen LogP contribution in [-0.4, -0.2) is 19.1 Å². The van der Waals surface area contributed by atoms with E-state index in [9.17, 15) is 0 Å². The topological polar surface area (TPSA) is 59.6 Å². The van der Waals surface area contributed by atoms with Gasteiger partial charge in [0.2, 0.25) is 0 Å². The van der Waals surface area contributed by atoms with Crippen molar-refractivity contribution in [2.45, 2.75) is 19.9 Å². The molecule has 0 aromatic heterocycles. The van der Waals surface area contributed by atoms with Crippen LogP contribution in [0.4, 0.5) is 5.69 Å². The first-order valence-electron chi connectivity index (χ1n) is 5.88. The summed E-state index contributed by atoms with van der Waals surface area (Å²) in [5, 5.41) is 3.44. The van der Waals surface area contributed by atoms with Crippen LogP contribution in [0.2, 0.25) is 5.02 Å². The zero-order valence-corrected chi connectivity index (χ0v) is 12.0. The number of anilines is 1. The molecule has 1 aromatic carbocycles. The molecule has 1 unspecified atom stereocenters. The van der Waals surface area contributed by atoms with E-state index in [0.717, 1.165) is 5.69 Å². The smallest absolute Gasteiger partial charge is 0.194 e. The van der Waals surface area contributed by atoms with E-state index in [1.807, 2.05) is 13.8 Å². The Morgan fingerprint density at radius 2 is 2.21 bits per heavy atom. The van der Waals surface area contributed by atoms with Crippen molar-refractivity contribution >= 4 is 23.2 Å². The fourth-order valence-electron chi connectivity index (χ4n) is 1.45. The van der Waals surface area contributed by atoms with E-state index < -0.39 is 0 Å². The summed E-state index contributed by atoms with van der Waals surface area (Å²) < 4.78 is 5.07. The zero-order valence-electron chi connectivity index (χ0n) is 11.3. The monoisotopic (exact) mass is 279 g/mol. The Kier molecular flexibility index (Phi) is 5.53. The number of nitrogens with one attached hydrogen (secondary N) is 1. The average molecular weight is 280 g/mol. The summed E-state index contributed by atoms with van der Waals surface area (Å²) in [6.45, 7) is 3.98. The number of hydrogen-bond donors (Lipinski definition) is 2. The van der Waals surface area contributed by atoms with Crippen LogP contribution in [0.25, 0.3) is 0 Å². The number of rotatable bonds is 4. The summed E-state index contributed by atoms with van der Waals surface area (Å²) in [6, 6.07) is 5.01. The van der Waals surface area contributed by atoms with Crippen LogP contribution in [0.5, 0.6) is 5.75 Å². The van der Waals surface area contributed by atoms with Gasteiger partial charge < -0.3 is 15.8 Å². The van der Waals surface area contributed by atoms with Gasteiger partial charge >= 0.3 is 0 Å². The van der Waals surface area contributed by atoms with Gasteiger partial charge in [-0.3, -0.25) is 0 Å². The lowest BCUT2D eigenvalue weighted by Gasteiger charge is -2.12. The molecule has 1 aromatic rings. The van der Waals surface area contributed by atoms with Gasteiger partial charge in [0.15, 0.2) is 5.96 Å². The number of benzene rings is 1. The lowest BCUT2D eigenvalue weighted by molar-refractivity contribution is 0.415. The highest BCUT2D eigenvalue weighted by Crippen LogP contribution is 2.27. The molecular weight excluding hydrogens is 262 g/mol. The fourth-order valence-corrected chi connectivity index (χ4v) is 1.71. The number of ether oxygens (including phenoxy) is 1. The minimum atomic E-state index is -0.249. The van der Waals surface area contributed by atoms with Crippen molar-refractivity contribution in [3.8, 4) is 18.1 Å². The first-order chi connectivity index (χ1) is 8.97. The van der Waals surface area contributed by atoms with Gasteiger partial charge in [0.05, 0.1) is 12.1 Å². The minimum absolute atomic E-state index is 0.227. The Morgan fingerprint density at radius 1 is 1.53 bits per heavy atom. The third-order valence-electron chi connectivity index (χ3n) is 2.50. The standard InChI is InChI=1S/C14H18ClN3O/c1-5-12(9(2)3)18-14(16)17-10-6-7-13(19-4)11(15)8-10/h1,6-9,12H,2-4H3,(H3,16,17,18). The van der Waals surface area contributed by atoms with Gasteiger partial charge in [0, 0.05) is 5.69 Å². The van der Waals surface area contributed by atoms with E-state index in [1.165, 1.54) is 0 Å². The van der Waals surface area contributed by atoms with Crippen molar-refractivity contribution in [3.63, 3.8) is 0 Å². The molecule has 0 radical (unpaired) electrons. The van der Waals surface area contributed by atoms with Crippen LogP contribution in [-0.2, 0) is 0 Å². The summed E-state index contributed by atoms with van der Waals surface area (Å²) in [4.78, 5) is 4.23. The van der Waals surface area contributed by atoms with Crippen molar-refractivity contribution < 1.29 is 4.74 Å². The first kappa shape index (κ1) is 15.2. The summed E-state index contributed by atoms with van der Waals surface area (Å²) in [7, 11) is 1.56. The van der Waals surface area contributed by atoms with Crippen molar-refractivity contribution in [3.05, 3.63) is 23.2 Å². The Morgan fingerprint density at radius 3 is 2.68 bits per heavy atom. The molecule has 0 saturated carbocycles. The van der Waals surface area contributed by atoms with Crippen molar-refractivity contribution in [2.24, 2.45) is 16.6 Å². The van der Waals surface area contributed by atoms with Crippen LogP contribution >= 0.6 is 11.6 Å². The van der Waals surface area contributed by atoms with Crippen LogP contribution in [0.1, 0.15) is 13.8 Å². The van der Waals surface area contributed by atoms with E-state index >= 15 is 0 Å². The SMILES string of the molecule is C#CC(N=C(N)Nc1ccc(OC)c(Cl)c1)C(C)C. The molecule has 5 heteroatoms. The molecule has 0 aliphatic carbocycles. The summed E-state index contributed by atoms with van der Waals surface area (Å²) in [5.41, 5.74) is 6.54. The maximum Gasteiger partial charge on any atom is 0.194 e. The lowest BCUT2D eigenvalue weighted by Crippen LogP contribution is -2.26. The molecule has 0 aliphatic rings. The highest BCUT2D eigenvalue weighted by molar-refractivity contribution is 6.32. The molecule has 0 saturated heterocycles. The third-order valence-corrected chi connectivity index (χ3v) is 2.80. The number of terminal acetylenes is 1. The Labute approximate surface area is 119 Å². The Bertz CT molecular complexity index is 506. The van der Waals surface area contributed by atoms with Crippen LogP contribution in [0.15, 0.2) is 23.2 Å². The molecule has 1 atom stereocenters. The third kappa shape index (κ3) is 4.38. The number of guanidine groups is 1. The summed E-state index contributed by atoms with van der Waals surface area (Å²) in [6.07, 6.45) is 5.40. The minimum Gasteiger partial charge on any atom is -0.495 e. The Balaban J connectivity index is 2.82. The normalized spacial score (nSPS) is 12.9. The number of methoxy groups -OCH3 is 1. The van der Waals surface area contributed by atoms with Crippen molar-refractivity contribution in [1.29, 1.82) is 0 Å². The second-order valence-corrected chi connectivity index (χ2v) is 4.75. The molecule has 0 aliphatic heterocycles. The van der Waals surface area contributed by atoms with Gasteiger partial charge in [0.25, 0.3) is 0 Å². The number of hydrogen-bond acceptors (Lipinski definition) is 2. The molecule has 4 nitrogen and oxygen atoms in total. The molecule has 0 fully saturated rings. The predicted octanol–water partition coefficient (Wildman–Crippen LogP) is 2.73. The average Bonchev–Trinajstić information content (AvgIpc) is 2.35. The van der Waals surface area contributed by atoms with Crippen LogP contribution in [0, 0.1) is 18.3 Å². The van der Waals surface area contributed by atoms with Gasteiger partial charge in [-0.15, -0.1) is 6.42 Å². The molecular formula is C14H18ClN3O. The van der Waals surface area contributed by atoms with Gasteiger partial charge in [-0.2, -0.15) is 0 Å². The molecule has 3 N–H and O–H groups in total. The molecule has 0 spiro atoms. The second kappa shape index (κ2) is 6.91.